The molecule has 50 heavy (non-hydrogen) atoms. The summed E-state index contributed by atoms with van der Waals surface area (Å²) < 4.78 is 16.5. The molecule has 0 spiro atoms. The lowest BCUT2D eigenvalue weighted by Gasteiger charge is -2.37. The number of rotatable bonds is 21. The summed E-state index contributed by atoms with van der Waals surface area (Å²) in [5.74, 6) is -0.175. The fraction of sp³-hybridized carbons (Fsp3) is 0.425. The Morgan fingerprint density at radius 3 is 1.90 bits per heavy atom. The number of nitrogens with two attached hydrogens (primary N) is 1. The Morgan fingerprint density at radius 1 is 0.860 bits per heavy atom. The Kier molecular flexibility index (Phi) is 15.6. The number of hydrogen-bond acceptors (Lipinski definition) is 7. The molecule has 0 saturated heterocycles. The van der Waals surface area contributed by atoms with E-state index in [4.69, 9.17) is 25.0 Å². The van der Waals surface area contributed by atoms with Gasteiger partial charge < -0.3 is 24.7 Å². The van der Waals surface area contributed by atoms with Crippen LogP contribution in [-0.4, -0.2) is 58.0 Å². The molecule has 1 unspecified atom stereocenters. The van der Waals surface area contributed by atoms with Crippen LogP contribution in [0.2, 0.25) is 0 Å². The van der Waals surface area contributed by atoms with Gasteiger partial charge >= 0.3 is 0 Å². The SMILES string of the molecule is CC(C)N(C(C)C)P(OCCC#N)OCCCCCCNC(=O)[C@@H](N)Cc1cn(C(c2ccccc2)(c2ccccc2)c2ccccc2)cn1. The van der Waals surface area contributed by atoms with Gasteiger partial charge in [0, 0.05) is 31.2 Å². The normalized spacial score (nSPS) is 13.0. The van der Waals surface area contributed by atoms with Crippen molar-refractivity contribution in [3.8, 4) is 6.07 Å². The van der Waals surface area contributed by atoms with Crippen LogP contribution in [0.4, 0.5) is 0 Å². The molecule has 4 rings (SSSR count). The van der Waals surface area contributed by atoms with Crippen LogP contribution in [0.1, 0.15) is 82.2 Å². The maximum Gasteiger partial charge on any atom is 0.259 e. The Bertz CT molecular complexity index is 1490. The second kappa shape index (κ2) is 20.1. The van der Waals surface area contributed by atoms with Gasteiger partial charge in [0.05, 0.1) is 43.8 Å². The number of nitrogens with zero attached hydrogens (tertiary/aromatic N) is 4. The van der Waals surface area contributed by atoms with Gasteiger partial charge in [-0.3, -0.25) is 4.79 Å². The van der Waals surface area contributed by atoms with Crippen LogP contribution in [0.3, 0.4) is 0 Å². The first kappa shape index (κ1) is 38.9. The first-order valence-corrected chi connectivity index (χ1v) is 18.9. The standard InChI is InChI=1S/C40H53N6O3P/c1-32(2)46(33(3)4)50(49-28-18-25-41)48-27-17-6-5-16-26-43-39(47)38(42)29-37-30-45(31-44-37)40(34-19-10-7-11-20-34,35-21-12-8-13-22-35)36-23-14-9-15-24-36/h7-15,19-24,30-33,38H,5-6,16-18,26-29,42H2,1-4H3,(H,43,47)/t38-,50?/m0/s1. The zero-order chi connectivity index (χ0) is 35.8. The lowest BCUT2D eigenvalue weighted by atomic mass is 9.77. The fourth-order valence-electron chi connectivity index (χ4n) is 6.34. The first-order chi connectivity index (χ1) is 24.3. The van der Waals surface area contributed by atoms with Gasteiger partial charge in [0.1, 0.15) is 5.54 Å². The lowest BCUT2D eigenvalue weighted by molar-refractivity contribution is -0.122. The molecule has 0 radical (unpaired) electrons. The molecular formula is C40H53N6O3P. The summed E-state index contributed by atoms with van der Waals surface area (Å²) in [4.78, 5) is 17.7. The quantitative estimate of drug-likeness (QED) is 0.0525. The molecule has 0 aliphatic heterocycles. The zero-order valence-corrected chi connectivity index (χ0v) is 30.8. The van der Waals surface area contributed by atoms with Crippen LogP contribution >= 0.6 is 8.53 Å². The lowest BCUT2D eigenvalue weighted by Crippen LogP contribution is -2.42. The second-order valence-corrected chi connectivity index (χ2v) is 14.4. The third kappa shape index (κ3) is 10.3. The van der Waals surface area contributed by atoms with E-state index in [2.05, 4.69) is 121 Å². The number of carbonyl (C=O) groups excluding carboxylic acids is 1. The third-order valence-corrected chi connectivity index (χ3v) is 10.7. The van der Waals surface area contributed by atoms with Crippen molar-refractivity contribution in [1.82, 2.24) is 19.5 Å². The van der Waals surface area contributed by atoms with Crippen molar-refractivity contribution in [3.05, 3.63) is 126 Å². The summed E-state index contributed by atoms with van der Waals surface area (Å²) in [7, 11) is -1.22. The van der Waals surface area contributed by atoms with Crippen LogP contribution in [0.25, 0.3) is 0 Å². The zero-order valence-electron chi connectivity index (χ0n) is 29.9. The summed E-state index contributed by atoms with van der Waals surface area (Å²) in [6.07, 6.45) is 8.25. The molecule has 266 valence electrons. The van der Waals surface area contributed by atoms with Crippen LogP contribution < -0.4 is 11.1 Å². The smallest absolute Gasteiger partial charge is 0.259 e. The van der Waals surface area contributed by atoms with E-state index in [-0.39, 0.29) is 18.0 Å². The summed E-state index contributed by atoms with van der Waals surface area (Å²) in [5, 5.41) is 11.9. The molecular weight excluding hydrogens is 643 g/mol. The molecule has 1 aromatic heterocycles. The van der Waals surface area contributed by atoms with Gasteiger partial charge in [0.25, 0.3) is 8.53 Å². The van der Waals surface area contributed by atoms with E-state index in [0.717, 1.165) is 48.1 Å². The molecule has 2 atom stereocenters. The van der Waals surface area contributed by atoms with Gasteiger partial charge in [-0.05, 0) is 57.2 Å². The van der Waals surface area contributed by atoms with E-state index in [1.54, 1.807) is 0 Å². The minimum absolute atomic E-state index is 0.175. The highest BCUT2D eigenvalue weighted by Gasteiger charge is 2.38. The topological polar surface area (TPSA) is 118 Å². The Hall–Kier alpha value is -3.90. The van der Waals surface area contributed by atoms with E-state index in [1.807, 2.05) is 30.7 Å². The molecule has 1 heterocycles. The maximum absolute atomic E-state index is 13.0. The molecule has 9 nitrogen and oxygen atoms in total. The Balaban J connectivity index is 1.30. The average Bonchev–Trinajstić information content (AvgIpc) is 3.59. The second-order valence-electron chi connectivity index (χ2n) is 13.0. The molecule has 4 aromatic rings. The van der Waals surface area contributed by atoms with Gasteiger partial charge in [-0.2, -0.15) is 5.26 Å². The maximum atomic E-state index is 13.0. The monoisotopic (exact) mass is 696 g/mol. The Labute approximate surface area is 299 Å². The van der Waals surface area contributed by atoms with Gasteiger partial charge in [-0.15, -0.1) is 0 Å². The first-order valence-electron chi connectivity index (χ1n) is 17.7. The number of carbonyl (C=O) groups is 1. The van der Waals surface area contributed by atoms with Crippen molar-refractivity contribution in [2.75, 3.05) is 19.8 Å². The summed E-state index contributed by atoms with van der Waals surface area (Å²) >= 11 is 0. The molecule has 1 amide bonds. The highest BCUT2D eigenvalue weighted by molar-refractivity contribution is 7.44. The minimum Gasteiger partial charge on any atom is -0.355 e. The van der Waals surface area contributed by atoms with Crippen LogP contribution in [0.15, 0.2) is 104 Å². The number of unbranched alkanes of at least 4 members (excludes halogenated alkanes) is 3. The average molecular weight is 697 g/mol. The predicted octanol–water partition coefficient (Wildman–Crippen LogP) is 7.56. The largest absolute Gasteiger partial charge is 0.355 e. The number of hydrogen-bond donors (Lipinski definition) is 2. The number of nitriles is 1. The van der Waals surface area contributed by atoms with Crippen molar-refractivity contribution in [3.63, 3.8) is 0 Å². The molecule has 10 heteroatoms. The van der Waals surface area contributed by atoms with Crippen LogP contribution in [0, 0.1) is 11.3 Å². The molecule has 0 aliphatic rings. The van der Waals surface area contributed by atoms with Gasteiger partial charge in [0.15, 0.2) is 0 Å². The van der Waals surface area contributed by atoms with Crippen molar-refractivity contribution >= 4 is 14.4 Å². The molecule has 3 N–H and O–H groups in total. The van der Waals surface area contributed by atoms with E-state index >= 15 is 0 Å². The predicted molar refractivity (Wildman–Crippen MR) is 201 cm³/mol. The van der Waals surface area contributed by atoms with Crippen LogP contribution in [0.5, 0.6) is 0 Å². The number of nitrogens with one attached hydrogen (secondary N) is 1. The van der Waals surface area contributed by atoms with Crippen molar-refractivity contribution in [1.29, 1.82) is 5.26 Å². The third-order valence-electron chi connectivity index (χ3n) is 8.60. The summed E-state index contributed by atoms with van der Waals surface area (Å²) in [6, 6.07) is 33.3. The van der Waals surface area contributed by atoms with E-state index in [0.29, 0.717) is 32.6 Å². The molecule has 0 fully saturated rings. The summed E-state index contributed by atoms with van der Waals surface area (Å²) in [5.41, 5.74) is 9.81. The van der Waals surface area contributed by atoms with E-state index in [9.17, 15) is 4.79 Å². The van der Waals surface area contributed by atoms with Crippen molar-refractivity contribution in [2.45, 2.75) is 89.9 Å². The minimum atomic E-state index is -1.22. The highest BCUT2D eigenvalue weighted by atomic mass is 31.2. The van der Waals surface area contributed by atoms with Crippen LogP contribution in [-0.2, 0) is 25.8 Å². The van der Waals surface area contributed by atoms with E-state index in [1.165, 1.54) is 0 Å². The summed E-state index contributed by atoms with van der Waals surface area (Å²) in [6.45, 7) is 10.1. The molecule has 0 aliphatic carbocycles. The number of benzene rings is 3. The number of amides is 1. The van der Waals surface area contributed by atoms with Gasteiger partial charge in [-0.1, -0.05) is 104 Å². The van der Waals surface area contributed by atoms with Crippen molar-refractivity contribution in [2.24, 2.45) is 5.73 Å². The Morgan fingerprint density at radius 2 is 1.38 bits per heavy atom. The van der Waals surface area contributed by atoms with Gasteiger partial charge in [0.2, 0.25) is 5.91 Å². The van der Waals surface area contributed by atoms with Crippen molar-refractivity contribution < 1.29 is 13.8 Å². The fourth-order valence-corrected chi connectivity index (χ4v) is 7.96. The van der Waals surface area contributed by atoms with Gasteiger partial charge in [-0.25, -0.2) is 9.65 Å². The molecule has 0 bridgehead atoms. The number of aromatic nitrogens is 2. The highest BCUT2D eigenvalue weighted by Crippen LogP contribution is 2.46. The molecule has 3 aromatic carbocycles. The van der Waals surface area contributed by atoms with E-state index < -0.39 is 20.1 Å². The number of imidazole rings is 1. The molecule has 0 saturated carbocycles.